The average molecular weight is 609 g/mol. The Morgan fingerprint density at radius 2 is 1.93 bits per heavy atom. The maximum absolute atomic E-state index is 15.3. The van der Waals surface area contributed by atoms with Crippen LogP contribution < -0.4 is 16.0 Å². The van der Waals surface area contributed by atoms with E-state index in [1.807, 2.05) is 12.1 Å². The number of carbonyl (C=O) groups excluding carboxylic acids is 3. The van der Waals surface area contributed by atoms with Gasteiger partial charge in [0.15, 0.2) is 0 Å². The Bertz CT molecular complexity index is 1440. The number of benzene rings is 1. The van der Waals surface area contributed by atoms with Crippen molar-refractivity contribution in [1.82, 2.24) is 20.2 Å². The Morgan fingerprint density at radius 1 is 1.14 bits per heavy atom. The zero-order chi connectivity index (χ0) is 30.4. The van der Waals surface area contributed by atoms with Crippen molar-refractivity contribution in [3.05, 3.63) is 83.0 Å². The van der Waals surface area contributed by atoms with E-state index in [9.17, 15) is 14.4 Å². The standard InChI is InChI=1S/C31H34ClFN6O4/c1-43-24-17-27(39(19-24)30(42)38-28-7-5-23(32)18-35-28)29(41)37-26-16-22(4-6-25(26)33)31(36-14-15-40,11-8-20-2-3-20)21-9-12-34-13-10-21/h4-7,9-10,12-13,15-16,18,20,24,27,36H,2-3,8,11,14,17,19H2,1H3,(H,37,41)(H,35,38,42)/t24-,27-,31?/m1/s1. The summed E-state index contributed by atoms with van der Waals surface area (Å²) >= 11 is 5.89. The Hall–Kier alpha value is -3.93. The lowest BCUT2D eigenvalue weighted by atomic mass is 9.78. The molecule has 1 aliphatic carbocycles. The van der Waals surface area contributed by atoms with Gasteiger partial charge in [-0.1, -0.05) is 30.5 Å². The molecule has 1 unspecified atom stereocenters. The molecule has 43 heavy (non-hydrogen) atoms. The van der Waals surface area contributed by atoms with Gasteiger partial charge >= 0.3 is 6.03 Å². The summed E-state index contributed by atoms with van der Waals surface area (Å²) in [6, 6.07) is 10.0. The van der Waals surface area contributed by atoms with E-state index >= 15 is 4.39 Å². The van der Waals surface area contributed by atoms with Gasteiger partial charge in [0.2, 0.25) is 5.91 Å². The molecule has 3 N–H and O–H groups in total. The lowest BCUT2D eigenvalue weighted by Gasteiger charge is -2.36. The predicted octanol–water partition coefficient (Wildman–Crippen LogP) is 4.75. The number of aldehydes is 1. The number of halogens is 2. The van der Waals surface area contributed by atoms with Crippen LogP contribution in [0.1, 0.15) is 43.2 Å². The molecule has 1 aromatic carbocycles. The number of hydrogen-bond acceptors (Lipinski definition) is 7. The van der Waals surface area contributed by atoms with Crippen LogP contribution >= 0.6 is 11.6 Å². The minimum atomic E-state index is -0.923. The van der Waals surface area contributed by atoms with Gasteiger partial charge in [-0.2, -0.15) is 0 Å². The lowest BCUT2D eigenvalue weighted by Crippen LogP contribution is -2.46. The largest absolute Gasteiger partial charge is 0.380 e. The fourth-order valence-corrected chi connectivity index (χ4v) is 5.71. The molecule has 1 saturated heterocycles. The van der Waals surface area contributed by atoms with Gasteiger partial charge in [0.1, 0.15) is 24.0 Å². The first-order chi connectivity index (χ1) is 20.8. The van der Waals surface area contributed by atoms with E-state index in [0.717, 1.165) is 31.1 Å². The van der Waals surface area contributed by atoms with Crippen molar-refractivity contribution in [3.8, 4) is 0 Å². The summed E-state index contributed by atoms with van der Waals surface area (Å²) < 4.78 is 20.7. The van der Waals surface area contributed by atoms with Crippen LogP contribution in [0.2, 0.25) is 5.02 Å². The number of hydrogen-bond donors (Lipinski definition) is 3. The first-order valence-electron chi connectivity index (χ1n) is 14.2. The van der Waals surface area contributed by atoms with Crippen LogP contribution in [-0.4, -0.2) is 65.4 Å². The molecule has 226 valence electrons. The zero-order valence-electron chi connectivity index (χ0n) is 23.8. The molecular formula is C31H34ClFN6O4. The fraction of sp³-hybridized carbons (Fsp3) is 0.387. The number of pyridine rings is 2. The number of anilines is 2. The summed E-state index contributed by atoms with van der Waals surface area (Å²) in [5, 5.41) is 9.20. The first kappa shape index (κ1) is 30.5. The molecule has 3 atom stereocenters. The predicted molar refractivity (Wildman–Crippen MR) is 160 cm³/mol. The molecule has 0 spiro atoms. The molecule has 12 heteroatoms. The molecule has 3 amide bonds. The number of methoxy groups -OCH3 is 1. The van der Waals surface area contributed by atoms with Crippen molar-refractivity contribution >= 4 is 41.3 Å². The SMILES string of the molecule is CO[C@@H]1C[C@H](C(=O)Nc2cc(C(CCC3CC3)(NCC=O)c3ccncc3)ccc2F)N(C(=O)Nc2ccc(Cl)cn2)C1. The highest BCUT2D eigenvalue weighted by molar-refractivity contribution is 6.30. The Morgan fingerprint density at radius 3 is 2.60 bits per heavy atom. The summed E-state index contributed by atoms with van der Waals surface area (Å²) in [6.45, 7) is 0.248. The summed E-state index contributed by atoms with van der Waals surface area (Å²) in [7, 11) is 1.51. The van der Waals surface area contributed by atoms with Crippen LogP contribution in [0.5, 0.6) is 0 Å². The summed E-state index contributed by atoms with van der Waals surface area (Å²) in [5.41, 5.74) is 0.737. The third-order valence-corrected chi connectivity index (χ3v) is 8.35. The molecule has 10 nitrogen and oxygen atoms in total. The fourth-order valence-electron chi connectivity index (χ4n) is 5.60. The van der Waals surface area contributed by atoms with Gasteiger partial charge < -0.3 is 19.7 Å². The van der Waals surface area contributed by atoms with E-state index in [1.165, 1.54) is 24.3 Å². The first-order valence-corrected chi connectivity index (χ1v) is 14.6. The van der Waals surface area contributed by atoms with Crippen LogP contribution in [0.15, 0.2) is 61.1 Å². The van der Waals surface area contributed by atoms with Gasteiger partial charge in [-0.05, 0) is 66.3 Å². The highest BCUT2D eigenvalue weighted by Crippen LogP contribution is 2.42. The van der Waals surface area contributed by atoms with Gasteiger partial charge in [-0.25, -0.2) is 14.2 Å². The Kier molecular flexibility index (Phi) is 9.64. The molecule has 0 bridgehead atoms. The Labute approximate surface area is 254 Å². The highest BCUT2D eigenvalue weighted by Gasteiger charge is 2.41. The molecule has 1 aliphatic heterocycles. The van der Waals surface area contributed by atoms with E-state index in [4.69, 9.17) is 16.3 Å². The van der Waals surface area contributed by atoms with Gasteiger partial charge in [-0.15, -0.1) is 0 Å². The van der Waals surface area contributed by atoms with Crippen LogP contribution in [0.4, 0.5) is 20.7 Å². The van der Waals surface area contributed by atoms with Crippen LogP contribution in [0.25, 0.3) is 0 Å². The van der Waals surface area contributed by atoms with Crippen molar-refractivity contribution in [3.63, 3.8) is 0 Å². The number of nitrogens with zero attached hydrogens (tertiary/aromatic N) is 3. The van der Waals surface area contributed by atoms with Gasteiger partial charge in [0, 0.05) is 38.7 Å². The second-order valence-corrected chi connectivity index (χ2v) is 11.3. The van der Waals surface area contributed by atoms with Crippen molar-refractivity contribution in [1.29, 1.82) is 0 Å². The number of amides is 3. The van der Waals surface area contributed by atoms with Crippen LogP contribution in [0.3, 0.4) is 0 Å². The normalized spacial score (nSPS) is 19.5. The minimum absolute atomic E-state index is 0.0270. The molecule has 2 aliphatic rings. The lowest BCUT2D eigenvalue weighted by molar-refractivity contribution is -0.119. The second-order valence-electron chi connectivity index (χ2n) is 10.9. The van der Waals surface area contributed by atoms with Gasteiger partial charge in [0.05, 0.1) is 28.9 Å². The summed E-state index contributed by atoms with van der Waals surface area (Å²) in [5.74, 6) is -0.297. The molecule has 3 heterocycles. The summed E-state index contributed by atoms with van der Waals surface area (Å²) in [4.78, 5) is 47.8. The molecule has 2 aromatic heterocycles. The number of nitrogens with one attached hydrogen (secondary N) is 3. The molecule has 1 saturated carbocycles. The van der Waals surface area contributed by atoms with Gasteiger partial charge in [-0.3, -0.25) is 20.4 Å². The van der Waals surface area contributed by atoms with E-state index in [-0.39, 0.29) is 37.1 Å². The van der Waals surface area contributed by atoms with Crippen LogP contribution in [-0.2, 0) is 19.9 Å². The quantitative estimate of drug-likeness (QED) is 0.253. The number of rotatable bonds is 12. The van der Waals surface area contributed by atoms with Crippen molar-refractivity contribution < 1.29 is 23.5 Å². The van der Waals surface area contributed by atoms with E-state index in [2.05, 4.69) is 25.9 Å². The Balaban J connectivity index is 1.42. The third-order valence-electron chi connectivity index (χ3n) is 8.12. The monoisotopic (exact) mass is 608 g/mol. The average Bonchev–Trinajstić information content (AvgIpc) is 3.75. The topological polar surface area (TPSA) is 126 Å². The number of likely N-dealkylation sites (tertiary alicyclic amines) is 1. The second kappa shape index (κ2) is 13.6. The highest BCUT2D eigenvalue weighted by atomic mass is 35.5. The molecular weight excluding hydrogens is 575 g/mol. The maximum Gasteiger partial charge on any atom is 0.323 e. The van der Waals surface area contributed by atoms with Crippen molar-refractivity contribution in [2.24, 2.45) is 5.92 Å². The molecule has 0 radical (unpaired) electrons. The molecule has 3 aromatic rings. The number of aromatic nitrogens is 2. The molecule has 2 fully saturated rings. The molecule has 5 rings (SSSR count). The minimum Gasteiger partial charge on any atom is -0.380 e. The zero-order valence-corrected chi connectivity index (χ0v) is 24.5. The smallest absolute Gasteiger partial charge is 0.323 e. The van der Waals surface area contributed by atoms with Crippen LogP contribution in [0, 0.1) is 11.7 Å². The van der Waals surface area contributed by atoms with Gasteiger partial charge in [0.25, 0.3) is 0 Å². The number of urea groups is 1. The van der Waals surface area contributed by atoms with Crippen molar-refractivity contribution in [2.45, 2.75) is 49.8 Å². The van der Waals surface area contributed by atoms with E-state index < -0.39 is 29.3 Å². The number of carbonyl (C=O) groups is 3. The van der Waals surface area contributed by atoms with Crippen molar-refractivity contribution in [2.75, 3.05) is 30.8 Å². The number of ether oxygens (including phenoxy) is 1. The van der Waals surface area contributed by atoms with E-state index in [1.54, 1.807) is 36.7 Å². The third kappa shape index (κ3) is 7.18. The maximum atomic E-state index is 15.3. The summed E-state index contributed by atoms with van der Waals surface area (Å²) in [6.07, 6.45) is 9.31. The van der Waals surface area contributed by atoms with E-state index in [0.29, 0.717) is 22.9 Å².